The Bertz CT molecular complexity index is 558. The summed E-state index contributed by atoms with van der Waals surface area (Å²) in [6, 6.07) is 6.71. The SMILES string of the molecule is Nc1ccc(Cl)c(Nc2ncc(Cl)cc2Cl)c1. The van der Waals surface area contributed by atoms with Crippen LogP contribution >= 0.6 is 34.8 Å². The number of hydrogen-bond acceptors (Lipinski definition) is 3. The molecule has 0 radical (unpaired) electrons. The zero-order valence-electron chi connectivity index (χ0n) is 8.55. The molecule has 0 saturated heterocycles. The fourth-order valence-electron chi connectivity index (χ4n) is 1.27. The molecule has 0 fully saturated rings. The summed E-state index contributed by atoms with van der Waals surface area (Å²) < 4.78 is 0. The van der Waals surface area contributed by atoms with E-state index in [1.807, 2.05) is 0 Å². The molecule has 1 heterocycles. The first-order chi connectivity index (χ1) is 8.06. The third-order valence-electron chi connectivity index (χ3n) is 2.05. The summed E-state index contributed by atoms with van der Waals surface area (Å²) >= 11 is 17.8. The van der Waals surface area contributed by atoms with Crippen LogP contribution in [-0.4, -0.2) is 4.98 Å². The summed E-state index contributed by atoms with van der Waals surface area (Å²) in [5.74, 6) is 0.476. The van der Waals surface area contributed by atoms with Crippen LogP contribution < -0.4 is 11.1 Å². The van der Waals surface area contributed by atoms with Gasteiger partial charge in [-0.2, -0.15) is 0 Å². The highest BCUT2D eigenvalue weighted by Crippen LogP contribution is 2.30. The summed E-state index contributed by atoms with van der Waals surface area (Å²) in [6.07, 6.45) is 1.50. The third-order valence-corrected chi connectivity index (χ3v) is 2.88. The summed E-state index contributed by atoms with van der Waals surface area (Å²) in [6.45, 7) is 0. The molecule has 0 bridgehead atoms. The summed E-state index contributed by atoms with van der Waals surface area (Å²) in [7, 11) is 0. The van der Waals surface area contributed by atoms with Gasteiger partial charge >= 0.3 is 0 Å². The molecule has 0 aliphatic carbocycles. The van der Waals surface area contributed by atoms with Crippen LogP contribution in [0.15, 0.2) is 30.5 Å². The molecule has 17 heavy (non-hydrogen) atoms. The quantitative estimate of drug-likeness (QED) is 0.807. The van der Waals surface area contributed by atoms with Gasteiger partial charge in [0.1, 0.15) is 5.82 Å². The number of nitrogens with one attached hydrogen (secondary N) is 1. The smallest absolute Gasteiger partial charge is 0.149 e. The Morgan fingerprint density at radius 1 is 1.06 bits per heavy atom. The molecule has 88 valence electrons. The van der Waals surface area contributed by atoms with Gasteiger partial charge in [0.2, 0.25) is 0 Å². The van der Waals surface area contributed by atoms with Crippen LogP contribution in [0.5, 0.6) is 0 Å². The van der Waals surface area contributed by atoms with Crippen molar-refractivity contribution < 1.29 is 0 Å². The number of pyridine rings is 1. The van der Waals surface area contributed by atoms with Crippen LogP contribution in [0.1, 0.15) is 0 Å². The minimum Gasteiger partial charge on any atom is -0.399 e. The number of nitrogens with zero attached hydrogens (tertiary/aromatic N) is 1. The Hall–Kier alpha value is -1.16. The van der Waals surface area contributed by atoms with Gasteiger partial charge in [0.05, 0.1) is 20.8 Å². The predicted octanol–water partition coefficient (Wildman–Crippen LogP) is 4.37. The van der Waals surface area contributed by atoms with Crippen LogP contribution in [0, 0.1) is 0 Å². The standard InChI is InChI=1S/C11H8Cl3N3/c12-6-3-9(14)11(16-5-6)17-10-4-7(15)1-2-8(10)13/h1-5H,15H2,(H,16,17). The molecule has 6 heteroatoms. The zero-order valence-corrected chi connectivity index (χ0v) is 10.8. The maximum absolute atomic E-state index is 6.01. The molecule has 0 amide bonds. The average Bonchev–Trinajstić information content (AvgIpc) is 2.27. The molecule has 0 spiro atoms. The molecular weight excluding hydrogens is 281 g/mol. The van der Waals surface area contributed by atoms with E-state index < -0.39 is 0 Å². The first kappa shape index (κ1) is 12.3. The number of anilines is 3. The number of hydrogen-bond donors (Lipinski definition) is 2. The molecule has 3 nitrogen and oxygen atoms in total. The van der Waals surface area contributed by atoms with Gasteiger partial charge in [0.25, 0.3) is 0 Å². The normalized spacial score (nSPS) is 10.3. The minimum atomic E-state index is 0.413. The molecule has 1 aromatic carbocycles. The Balaban J connectivity index is 2.34. The van der Waals surface area contributed by atoms with Gasteiger partial charge in [0, 0.05) is 11.9 Å². The van der Waals surface area contributed by atoms with E-state index in [-0.39, 0.29) is 0 Å². The van der Waals surface area contributed by atoms with Crippen molar-refractivity contribution in [1.82, 2.24) is 4.98 Å². The molecule has 0 saturated carbocycles. The van der Waals surface area contributed by atoms with E-state index in [0.29, 0.717) is 32.3 Å². The van der Waals surface area contributed by atoms with Gasteiger partial charge in [-0.1, -0.05) is 34.8 Å². The van der Waals surface area contributed by atoms with Crippen molar-refractivity contribution in [3.05, 3.63) is 45.5 Å². The van der Waals surface area contributed by atoms with E-state index in [1.54, 1.807) is 24.3 Å². The maximum Gasteiger partial charge on any atom is 0.149 e. The molecular formula is C11H8Cl3N3. The van der Waals surface area contributed by atoms with Gasteiger partial charge in [-0.15, -0.1) is 0 Å². The van der Waals surface area contributed by atoms with E-state index in [0.717, 1.165) is 0 Å². The molecule has 0 aliphatic heterocycles. The first-order valence-corrected chi connectivity index (χ1v) is 5.83. The maximum atomic E-state index is 6.01. The molecule has 0 aliphatic rings. The van der Waals surface area contributed by atoms with Crippen molar-refractivity contribution in [2.75, 3.05) is 11.1 Å². The highest BCUT2D eigenvalue weighted by Gasteiger charge is 2.06. The van der Waals surface area contributed by atoms with E-state index in [1.165, 1.54) is 6.20 Å². The number of aromatic nitrogens is 1. The lowest BCUT2D eigenvalue weighted by Crippen LogP contribution is -1.96. The second kappa shape index (κ2) is 5.00. The lowest BCUT2D eigenvalue weighted by Gasteiger charge is -2.09. The monoisotopic (exact) mass is 287 g/mol. The summed E-state index contributed by atoms with van der Waals surface area (Å²) in [4.78, 5) is 4.07. The van der Waals surface area contributed by atoms with Crippen molar-refractivity contribution in [3.63, 3.8) is 0 Å². The number of nitrogen functional groups attached to an aromatic ring is 1. The van der Waals surface area contributed by atoms with Crippen LogP contribution in [0.25, 0.3) is 0 Å². The number of benzene rings is 1. The van der Waals surface area contributed by atoms with Crippen LogP contribution in [0.3, 0.4) is 0 Å². The van der Waals surface area contributed by atoms with Crippen molar-refractivity contribution in [1.29, 1.82) is 0 Å². The van der Waals surface area contributed by atoms with Crippen LogP contribution in [0.4, 0.5) is 17.2 Å². The number of nitrogens with two attached hydrogens (primary N) is 1. The molecule has 0 atom stereocenters. The Kier molecular flexibility index (Phi) is 3.62. The van der Waals surface area contributed by atoms with Crippen LogP contribution in [-0.2, 0) is 0 Å². The Morgan fingerprint density at radius 3 is 2.53 bits per heavy atom. The van der Waals surface area contributed by atoms with E-state index in [9.17, 15) is 0 Å². The lowest BCUT2D eigenvalue weighted by molar-refractivity contribution is 1.31. The second-order valence-electron chi connectivity index (χ2n) is 3.35. The Morgan fingerprint density at radius 2 is 1.82 bits per heavy atom. The van der Waals surface area contributed by atoms with Gasteiger partial charge in [-0.3, -0.25) is 0 Å². The first-order valence-electron chi connectivity index (χ1n) is 4.69. The van der Waals surface area contributed by atoms with Crippen molar-refractivity contribution in [3.8, 4) is 0 Å². The molecule has 3 N–H and O–H groups in total. The van der Waals surface area contributed by atoms with Crippen molar-refractivity contribution in [2.45, 2.75) is 0 Å². The van der Waals surface area contributed by atoms with Crippen LogP contribution in [0.2, 0.25) is 15.1 Å². The fourth-order valence-corrected chi connectivity index (χ4v) is 1.86. The largest absolute Gasteiger partial charge is 0.399 e. The topological polar surface area (TPSA) is 50.9 Å². The molecule has 1 aromatic heterocycles. The molecule has 2 aromatic rings. The molecule has 0 unspecified atom stereocenters. The minimum absolute atomic E-state index is 0.413. The number of halogens is 3. The lowest BCUT2D eigenvalue weighted by atomic mass is 10.3. The van der Waals surface area contributed by atoms with E-state index in [2.05, 4.69) is 10.3 Å². The zero-order chi connectivity index (χ0) is 12.4. The highest BCUT2D eigenvalue weighted by molar-refractivity contribution is 6.36. The summed E-state index contributed by atoms with van der Waals surface area (Å²) in [5, 5.41) is 4.41. The van der Waals surface area contributed by atoms with Crippen molar-refractivity contribution >= 4 is 52.0 Å². The molecule has 2 rings (SSSR count). The van der Waals surface area contributed by atoms with Gasteiger partial charge in [-0.25, -0.2) is 4.98 Å². The predicted molar refractivity (Wildman–Crippen MR) is 73.4 cm³/mol. The van der Waals surface area contributed by atoms with Gasteiger partial charge in [-0.05, 0) is 24.3 Å². The second-order valence-corrected chi connectivity index (χ2v) is 4.60. The van der Waals surface area contributed by atoms with Gasteiger partial charge in [0.15, 0.2) is 0 Å². The Labute approximate surface area is 114 Å². The summed E-state index contributed by atoms with van der Waals surface area (Å²) in [5.41, 5.74) is 6.91. The van der Waals surface area contributed by atoms with Crippen molar-refractivity contribution in [2.24, 2.45) is 0 Å². The number of rotatable bonds is 2. The average molecular weight is 289 g/mol. The fraction of sp³-hybridized carbons (Fsp3) is 0. The highest BCUT2D eigenvalue weighted by atomic mass is 35.5. The van der Waals surface area contributed by atoms with E-state index >= 15 is 0 Å². The third kappa shape index (κ3) is 2.94. The van der Waals surface area contributed by atoms with Gasteiger partial charge < -0.3 is 11.1 Å². The van der Waals surface area contributed by atoms with E-state index in [4.69, 9.17) is 40.5 Å².